The SMILES string of the molecule is O=C(NCCOc1ccc2c(c1)OCO2)c1cc(Cl)sc1Cl. The molecule has 1 aliphatic heterocycles. The molecule has 5 nitrogen and oxygen atoms in total. The smallest absolute Gasteiger partial charge is 0.253 e. The van der Waals surface area contributed by atoms with E-state index in [1.807, 2.05) is 0 Å². The summed E-state index contributed by atoms with van der Waals surface area (Å²) in [5.41, 5.74) is 0.375. The molecule has 0 saturated carbocycles. The fourth-order valence-corrected chi connectivity index (χ4v) is 3.35. The molecule has 0 atom stereocenters. The number of rotatable bonds is 5. The molecule has 2 heterocycles. The quantitative estimate of drug-likeness (QED) is 0.828. The number of halogens is 2. The van der Waals surface area contributed by atoms with Gasteiger partial charge in [-0.25, -0.2) is 0 Å². The minimum Gasteiger partial charge on any atom is -0.492 e. The molecule has 0 bridgehead atoms. The Labute approximate surface area is 140 Å². The van der Waals surface area contributed by atoms with Gasteiger partial charge in [-0.2, -0.15) is 0 Å². The third-order valence-electron chi connectivity index (χ3n) is 2.90. The minimum atomic E-state index is -0.276. The molecule has 0 saturated heterocycles. The van der Waals surface area contributed by atoms with Gasteiger partial charge in [-0.05, 0) is 18.2 Å². The molecule has 22 heavy (non-hydrogen) atoms. The predicted octanol–water partition coefficient (Wildman–Crippen LogP) is 3.59. The van der Waals surface area contributed by atoms with Crippen molar-refractivity contribution in [2.45, 2.75) is 0 Å². The van der Waals surface area contributed by atoms with Gasteiger partial charge in [-0.15, -0.1) is 11.3 Å². The zero-order valence-corrected chi connectivity index (χ0v) is 13.6. The van der Waals surface area contributed by atoms with E-state index in [1.54, 1.807) is 24.3 Å². The van der Waals surface area contributed by atoms with E-state index in [2.05, 4.69) is 5.32 Å². The molecule has 0 spiro atoms. The van der Waals surface area contributed by atoms with E-state index in [-0.39, 0.29) is 12.7 Å². The van der Waals surface area contributed by atoms with Crippen LogP contribution in [0.3, 0.4) is 0 Å². The number of nitrogens with one attached hydrogen (secondary N) is 1. The lowest BCUT2D eigenvalue weighted by atomic mass is 10.3. The van der Waals surface area contributed by atoms with Gasteiger partial charge < -0.3 is 19.5 Å². The Morgan fingerprint density at radius 3 is 2.86 bits per heavy atom. The molecule has 0 unspecified atom stereocenters. The average molecular weight is 360 g/mol. The van der Waals surface area contributed by atoms with Crippen molar-refractivity contribution in [2.24, 2.45) is 0 Å². The zero-order valence-electron chi connectivity index (χ0n) is 11.2. The highest BCUT2D eigenvalue weighted by molar-refractivity contribution is 7.20. The molecule has 1 aliphatic rings. The Morgan fingerprint density at radius 1 is 1.27 bits per heavy atom. The van der Waals surface area contributed by atoms with E-state index in [4.69, 9.17) is 37.4 Å². The number of thiophene rings is 1. The van der Waals surface area contributed by atoms with Gasteiger partial charge in [0.2, 0.25) is 6.79 Å². The Balaban J connectivity index is 1.47. The molecule has 1 N–H and O–H groups in total. The molecular weight excluding hydrogens is 349 g/mol. The van der Waals surface area contributed by atoms with E-state index in [9.17, 15) is 4.79 Å². The van der Waals surface area contributed by atoms with Crippen molar-refractivity contribution in [3.63, 3.8) is 0 Å². The number of benzene rings is 1. The monoisotopic (exact) mass is 359 g/mol. The highest BCUT2D eigenvalue weighted by atomic mass is 35.5. The summed E-state index contributed by atoms with van der Waals surface area (Å²) in [5, 5.41) is 2.72. The van der Waals surface area contributed by atoms with Crippen LogP contribution in [0, 0.1) is 0 Å². The fraction of sp³-hybridized carbons (Fsp3) is 0.214. The van der Waals surface area contributed by atoms with Crippen LogP contribution >= 0.6 is 34.5 Å². The Kier molecular flexibility index (Phi) is 4.61. The third-order valence-corrected chi connectivity index (χ3v) is 4.39. The summed E-state index contributed by atoms with van der Waals surface area (Å²) in [4.78, 5) is 11.9. The number of hydrogen-bond donors (Lipinski definition) is 1. The predicted molar refractivity (Wildman–Crippen MR) is 84.7 cm³/mol. The molecule has 0 radical (unpaired) electrons. The van der Waals surface area contributed by atoms with Gasteiger partial charge >= 0.3 is 0 Å². The second-order valence-corrected chi connectivity index (χ2v) is 6.64. The fourth-order valence-electron chi connectivity index (χ4n) is 1.89. The molecule has 1 aromatic heterocycles. The zero-order chi connectivity index (χ0) is 15.5. The lowest BCUT2D eigenvalue weighted by Crippen LogP contribution is -2.27. The summed E-state index contributed by atoms with van der Waals surface area (Å²) >= 11 is 12.9. The standard InChI is InChI=1S/C14H11Cl2NO4S/c15-12-6-9(13(16)22-12)14(18)17-3-4-19-8-1-2-10-11(5-8)21-7-20-10/h1-2,5-6H,3-4,7H2,(H,17,18). The normalized spacial score (nSPS) is 12.3. The second-order valence-electron chi connectivity index (χ2n) is 4.36. The van der Waals surface area contributed by atoms with Crippen LogP contribution < -0.4 is 19.5 Å². The highest BCUT2D eigenvalue weighted by Gasteiger charge is 2.15. The van der Waals surface area contributed by atoms with Crippen molar-refractivity contribution in [3.05, 3.63) is 38.5 Å². The maximum atomic E-state index is 11.9. The van der Waals surface area contributed by atoms with Crippen molar-refractivity contribution < 1.29 is 19.0 Å². The van der Waals surface area contributed by atoms with Crippen LogP contribution in [0.2, 0.25) is 8.67 Å². The first kappa shape index (κ1) is 15.3. The number of carbonyl (C=O) groups excluding carboxylic acids is 1. The first-order valence-electron chi connectivity index (χ1n) is 6.39. The van der Waals surface area contributed by atoms with Gasteiger partial charge in [0.25, 0.3) is 5.91 Å². The lowest BCUT2D eigenvalue weighted by Gasteiger charge is -2.08. The van der Waals surface area contributed by atoms with Crippen molar-refractivity contribution >= 4 is 40.4 Å². The Hall–Kier alpha value is -1.63. The van der Waals surface area contributed by atoms with Crippen molar-refractivity contribution in [1.82, 2.24) is 5.32 Å². The topological polar surface area (TPSA) is 56.8 Å². The number of ether oxygens (including phenoxy) is 3. The molecule has 2 aromatic rings. The molecule has 3 rings (SSSR count). The average Bonchev–Trinajstić information content (AvgIpc) is 3.08. The van der Waals surface area contributed by atoms with Crippen molar-refractivity contribution in [2.75, 3.05) is 19.9 Å². The van der Waals surface area contributed by atoms with E-state index in [1.165, 1.54) is 0 Å². The summed E-state index contributed by atoms with van der Waals surface area (Å²) in [6.45, 7) is 0.886. The second kappa shape index (κ2) is 6.64. The van der Waals surface area contributed by atoms with Crippen LogP contribution in [-0.2, 0) is 0 Å². The third kappa shape index (κ3) is 3.40. The molecule has 1 amide bonds. The number of carbonyl (C=O) groups is 1. The molecular formula is C14H11Cl2NO4S. The molecule has 0 fully saturated rings. The van der Waals surface area contributed by atoms with Crippen LogP contribution in [-0.4, -0.2) is 25.9 Å². The van der Waals surface area contributed by atoms with Crippen LogP contribution in [0.1, 0.15) is 10.4 Å². The van der Waals surface area contributed by atoms with Crippen LogP contribution in [0.4, 0.5) is 0 Å². The van der Waals surface area contributed by atoms with Crippen LogP contribution in [0.5, 0.6) is 17.2 Å². The summed E-state index contributed by atoms with van der Waals surface area (Å²) < 4.78 is 16.9. The summed E-state index contributed by atoms with van der Waals surface area (Å²) in [6, 6.07) is 6.86. The lowest BCUT2D eigenvalue weighted by molar-refractivity contribution is 0.0947. The first-order chi connectivity index (χ1) is 10.6. The summed E-state index contributed by atoms with van der Waals surface area (Å²) in [7, 11) is 0. The van der Waals surface area contributed by atoms with E-state index in [0.29, 0.717) is 44.6 Å². The van der Waals surface area contributed by atoms with Gasteiger partial charge in [-0.3, -0.25) is 4.79 Å². The first-order valence-corrected chi connectivity index (χ1v) is 7.96. The maximum Gasteiger partial charge on any atom is 0.253 e. The van der Waals surface area contributed by atoms with Gasteiger partial charge in [0.15, 0.2) is 11.5 Å². The van der Waals surface area contributed by atoms with Gasteiger partial charge in [0.05, 0.1) is 16.4 Å². The van der Waals surface area contributed by atoms with Gasteiger partial charge in [-0.1, -0.05) is 23.2 Å². The van der Waals surface area contributed by atoms with E-state index >= 15 is 0 Å². The van der Waals surface area contributed by atoms with E-state index < -0.39 is 0 Å². The molecule has 116 valence electrons. The minimum absolute atomic E-state index is 0.221. The summed E-state index contributed by atoms with van der Waals surface area (Å²) in [5.74, 6) is 1.73. The molecule has 0 aliphatic carbocycles. The number of hydrogen-bond acceptors (Lipinski definition) is 5. The number of amides is 1. The molecule has 1 aromatic carbocycles. The van der Waals surface area contributed by atoms with Crippen LogP contribution in [0.25, 0.3) is 0 Å². The Morgan fingerprint density at radius 2 is 2.09 bits per heavy atom. The van der Waals surface area contributed by atoms with Crippen molar-refractivity contribution in [3.8, 4) is 17.2 Å². The van der Waals surface area contributed by atoms with Gasteiger partial charge in [0, 0.05) is 6.07 Å². The largest absolute Gasteiger partial charge is 0.492 e. The van der Waals surface area contributed by atoms with Gasteiger partial charge in [0.1, 0.15) is 16.7 Å². The summed E-state index contributed by atoms with van der Waals surface area (Å²) in [6.07, 6.45) is 0. The maximum absolute atomic E-state index is 11.9. The number of fused-ring (bicyclic) bond motifs is 1. The Bertz CT molecular complexity index is 704. The molecule has 8 heteroatoms. The highest BCUT2D eigenvalue weighted by Crippen LogP contribution is 2.35. The van der Waals surface area contributed by atoms with Crippen LogP contribution in [0.15, 0.2) is 24.3 Å². The van der Waals surface area contributed by atoms with Crippen molar-refractivity contribution in [1.29, 1.82) is 0 Å². The van der Waals surface area contributed by atoms with E-state index in [0.717, 1.165) is 11.3 Å².